The normalized spacial score (nSPS) is 10.4. The van der Waals surface area contributed by atoms with Crippen molar-refractivity contribution in [2.24, 2.45) is 0 Å². The van der Waals surface area contributed by atoms with E-state index in [4.69, 9.17) is 4.74 Å². The van der Waals surface area contributed by atoms with Gasteiger partial charge in [0.2, 0.25) is 0 Å². The molecule has 4 nitrogen and oxygen atoms in total. The minimum Gasteiger partial charge on any atom is -0.461 e. The van der Waals surface area contributed by atoms with Gasteiger partial charge in [-0.05, 0) is 25.1 Å². The SMILES string of the molecule is CCOC(=O)c1ccn(-c2ccc(F)cc2F)n1. The Bertz CT molecular complexity index is 581. The standard InChI is InChI=1S/C12H10F2N2O2/c1-2-18-12(17)10-5-6-16(15-10)11-4-3-8(13)7-9(11)14/h3-7H,2H2,1H3. The highest BCUT2D eigenvalue weighted by molar-refractivity contribution is 5.87. The number of hydrogen-bond acceptors (Lipinski definition) is 3. The summed E-state index contributed by atoms with van der Waals surface area (Å²) < 4.78 is 32.1. The van der Waals surface area contributed by atoms with Crippen molar-refractivity contribution in [2.45, 2.75) is 6.92 Å². The summed E-state index contributed by atoms with van der Waals surface area (Å²) in [5, 5.41) is 3.87. The van der Waals surface area contributed by atoms with Gasteiger partial charge in [0.05, 0.1) is 6.61 Å². The van der Waals surface area contributed by atoms with Crippen LogP contribution in [0.5, 0.6) is 0 Å². The number of carbonyl (C=O) groups is 1. The van der Waals surface area contributed by atoms with Crippen molar-refractivity contribution in [3.8, 4) is 5.69 Å². The van der Waals surface area contributed by atoms with Gasteiger partial charge in [-0.15, -0.1) is 0 Å². The van der Waals surface area contributed by atoms with E-state index in [0.717, 1.165) is 16.8 Å². The van der Waals surface area contributed by atoms with E-state index in [1.807, 2.05) is 0 Å². The lowest BCUT2D eigenvalue weighted by Crippen LogP contribution is -2.07. The second-order valence-corrected chi connectivity index (χ2v) is 3.46. The molecule has 94 valence electrons. The number of nitrogens with zero attached hydrogens (tertiary/aromatic N) is 2. The highest BCUT2D eigenvalue weighted by Gasteiger charge is 2.13. The number of halogens is 2. The largest absolute Gasteiger partial charge is 0.461 e. The second kappa shape index (κ2) is 4.95. The van der Waals surface area contributed by atoms with Crippen molar-refractivity contribution in [1.82, 2.24) is 9.78 Å². The predicted molar refractivity (Wildman–Crippen MR) is 59.4 cm³/mol. The maximum atomic E-state index is 13.5. The van der Waals surface area contributed by atoms with Gasteiger partial charge in [-0.3, -0.25) is 0 Å². The maximum absolute atomic E-state index is 13.5. The zero-order valence-electron chi connectivity index (χ0n) is 9.56. The summed E-state index contributed by atoms with van der Waals surface area (Å²) in [5.74, 6) is -2.01. The molecule has 0 saturated heterocycles. The van der Waals surface area contributed by atoms with E-state index in [-0.39, 0.29) is 18.0 Å². The fourth-order valence-corrected chi connectivity index (χ4v) is 1.44. The molecule has 18 heavy (non-hydrogen) atoms. The number of hydrogen-bond donors (Lipinski definition) is 0. The van der Waals surface area contributed by atoms with E-state index >= 15 is 0 Å². The average Bonchev–Trinajstić information content (AvgIpc) is 2.78. The van der Waals surface area contributed by atoms with E-state index in [0.29, 0.717) is 0 Å². The smallest absolute Gasteiger partial charge is 0.358 e. The van der Waals surface area contributed by atoms with Crippen LogP contribution >= 0.6 is 0 Å². The zero-order valence-corrected chi connectivity index (χ0v) is 9.56. The van der Waals surface area contributed by atoms with Crippen LogP contribution < -0.4 is 0 Å². The van der Waals surface area contributed by atoms with Crippen molar-refractivity contribution < 1.29 is 18.3 Å². The molecule has 0 atom stereocenters. The molecule has 0 aliphatic heterocycles. The minimum atomic E-state index is -0.756. The molecule has 0 radical (unpaired) electrons. The lowest BCUT2D eigenvalue weighted by atomic mass is 10.3. The quantitative estimate of drug-likeness (QED) is 0.787. The van der Waals surface area contributed by atoms with E-state index in [2.05, 4.69) is 5.10 Å². The molecule has 1 aromatic carbocycles. The molecule has 1 aromatic heterocycles. The van der Waals surface area contributed by atoms with Crippen LogP contribution in [0.4, 0.5) is 8.78 Å². The number of carbonyl (C=O) groups excluding carboxylic acids is 1. The van der Waals surface area contributed by atoms with Crippen LogP contribution in [0.25, 0.3) is 5.69 Å². The van der Waals surface area contributed by atoms with Gasteiger partial charge in [-0.1, -0.05) is 0 Å². The Morgan fingerprint density at radius 3 is 2.83 bits per heavy atom. The van der Waals surface area contributed by atoms with Crippen molar-refractivity contribution >= 4 is 5.97 Å². The Morgan fingerprint density at radius 1 is 1.39 bits per heavy atom. The number of aromatic nitrogens is 2. The van der Waals surface area contributed by atoms with Gasteiger partial charge in [0, 0.05) is 12.3 Å². The summed E-state index contributed by atoms with van der Waals surface area (Å²) in [6.07, 6.45) is 1.41. The van der Waals surface area contributed by atoms with Crippen LogP contribution in [0.2, 0.25) is 0 Å². The van der Waals surface area contributed by atoms with Gasteiger partial charge in [-0.25, -0.2) is 18.3 Å². The Morgan fingerprint density at radius 2 is 2.17 bits per heavy atom. The summed E-state index contributed by atoms with van der Waals surface area (Å²) in [6.45, 7) is 1.91. The van der Waals surface area contributed by atoms with Crippen molar-refractivity contribution in [3.05, 3.63) is 47.8 Å². The first kappa shape index (κ1) is 12.2. The van der Waals surface area contributed by atoms with Crippen LogP contribution in [-0.4, -0.2) is 22.4 Å². The van der Waals surface area contributed by atoms with Gasteiger partial charge in [0.25, 0.3) is 0 Å². The van der Waals surface area contributed by atoms with Crippen molar-refractivity contribution in [1.29, 1.82) is 0 Å². The summed E-state index contributed by atoms with van der Waals surface area (Å²) >= 11 is 0. The molecule has 0 unspecified atom stereocenters. The zero-order chi connectivity index (χ0) is 13.1. The summed E-state index contributed by atoms with van der Waals surface area (Å²) in [6, 6.07) is 4.51. The highest BCUT2D eigenvalue weighted by Crippen LogP contribution is 2.14. The van der Waals surface area contributed by atoms with E-state index in [1.165, 1.54) is 18.3 Å². The van der Waals surface area contributed by atoms with Gasteiger partial charge in [0.1, 0.15) is 11.5 Å². The molecular weight excluding hydrogens is 242 g/mol. The molecule has 2 rings (SSSR count). The second-order valence-electron chi connectivity index (χ2n) is 3.46. The van der Waals surface area contributed by atoms with Crippen LogP contribution in [0.15, 0.2) is 30.5 Å². The first-order chi connectivity index (χ1) is 8.61. The number of ether oxygens (including phenoxy) is 1. The first-order valence-electron chi connectivity index (χ1n) is 5.30. The molecule has 0 aliphatic rings. The highest BCUT2D eigenvalue weighted by atomic mass is 19.1. The van der Waals surface area contributed by atoms with E-state index in [9.17, 15) is 13.6 Å². The van der Waals surface area contributed by atoms with Crippen LogP contribution in [-0.2, 0) is 4.74 Å². The molecule has 6 heteroatoms. The third kappa shape index (κ3) is 2.37. The Balaban J connectivity index is 2.32. The molecule has 0 bridgehead atoms. The monoisotopic (exact) mass is 252 g/mol. The molecule has 0 saturated carbocycles. The van der Waals surface area contributed by atoms with Crippen LogP contribution in [0.1, 0.15) is 17.4 Å². The summed E-state index contributed by atoms with van der Waals surface area (Å²) in [5.41, 5.74) is 0.132. The lowest BCUT2D eigenvalue weighted by Gasteiger charge is -2.02. The van der Waals surface area contributed by atoms with E-state index < -0.39 is 17.6 Å². The van der Waals surface area contributed by atoms with E-state index in [1.54, 1.807) is 6.92 Å². The molecule has 0 aliphatic carbocycles. The summed E-state index contributed by atoms with van der Waals surface area (Å²) in [4.78, 5) is 11.4. The Hall–Kier alpha value is -2.24. The molecule has 0 fully saturated rings. The predicted octanol–water partition coefficient (Wildman–Crippen LogP) is 2.33. The van der Waals surface area contributed by atoms with Gasteiger partial charge in [0.15, 0.2) is 11.5 Å². The van der Waals surface area contributed by atoms with Crippen molar-refractivity contribution in [2.75, 3.05) is 6.61 Å². The van der Waals surface area contributed by atoms with Gasteiger partial charge >= 0.3 is 5.97 Å². The molecule has 0 N–H and O–H groups in total. The molecule has 2 aromatic rings. The number of benzene rings is 1. The number of esters is 1. The molecule has 0 amide bonds. The molecule has 0 spiro atoms. The number of rotatable bonds is 3. The van der Waals surface area contributed by atoms with Crippen molar-refractivity contribution in [3.63, 3.8) is 0 Å². The third-order valence-corrected chi connectivity index (χ3v) is 2.23. The lowest BCUT2D eigenvalue weighted by molar-refractivity contribution is 0.0519. The molecule has 1 heterocycles. The molecular formula is C12H10F2N2O2. The Kier molecular flexibility index (Phi) is 3.36. The topological polar surface area (TPSA) is 44.1 Å². The average molecular weight is 252 g/mol. The third-order valence-electron chi connectivity index (χ3n) is 2.23. The minimum absolute atomic E-state index is 0.0620. The fraction of sp³-hybridized carbons (Fsp3) is 0.167. The summed E-state index contributed by atoms with van der Waals surface area (Å²) in [7, 11) is 0. The first-order valence-corrected chi connectivity index (χ1v) is 5.30. The maximum Gasteiger partial charge on any atom is 0.358 e. The van der Waals surface area contributed by atoms with Crippen LogP contribution in [0, 0.1) is 11.6 Å². The van der Waals surface area contributed by atoms with Gasteiger partial charge in [-0.2, -0.15) is 5.10 Å². The Labute approximate surface area is 102 Å². The van der Waals surface area contributed by atoms with Gasteiger partial charge < -0.3 is 4.74 Å². The fourth-order valence-electron chi connectivity index (χ4n) is 1.44. The van der Waals surface area contributed by atoms with Crippen LogP contribution in [0.3, 0.4) is 0 Å².